The number of aliphatic hydroxyl groups excluding tert-OH is 1. The number of nitrogens with one attached hydrogen (secondary N) is 1. The van der Waals surface area contributed by atoms with Gasteiger partial charge in [0.05, 0.1) is 12.1 Å². The van der Waals surface area contributed by atoms with E-state index in [1.807, 2.05) is 6.92 Å². The summed E-state index contributed by atoms with van der Waals surface area (Å²) in [6.07, 6.45) is -9.36. The molecule has 0 aliphatic rings. The number of aromatic nitrogens is 1. The minimum atomic E-state index is -6.03. The summed E-state index contributed by atoms with van der Waals surface area (Å²) in [4.78, 5) is 13.0. The predicted octanol–water partition coefficient (Wildman–Crippen LogP) is 4.36. The summed E-state index contributed by atoms with van der Waals surface area (Å²) in [7, 11) is 0. The first-order chi connectivity index (χ1) is 15.2. The highest BCUT2D eigenvalue weighted by atomic mass is 19.4. The van der Waals surface area contributed by atoms with Crippen LogP contribution in [0.2, 0.25) is 0 Å². The van der Waals surface area contributed by atoms with Crippen LogP contribution in [0.4, 0.5) is 26.3 Å². The summed E-state index contributed by atoms with van der Waals surface area (Å²) in [5, 5.41) is 21.6. The van der Waals surface area contributed by atoms with Gasteiger partial charge in [-0.2, -0.15) is 26.3 Å². The molecule has 1 aromatic carbocycles. The predicted molar refractivity (Wildman–Crippen MR) is 113 cm³/mol. The maximum absolute atomic E-state index is 13.5. The molecule has 1 heterocycles. The van der Waals surface area contributed by atoms with Crippen LogP contribution in [-0.4, -0.2) is 40.3 Å². The molecule has 5 nitrogen and oxygen atoms in total. The van der Waals surface area contributed by atoms with Crippen molar-refractivity contribution in [1.82, 2.24) is 9.88 Å². The lowest BCUT2D eigenvalue weighted by Crippen LogP contribution is -2.53. The number of hydrogen-bond donors (Lipinski definition) is 3. The Balaban J connectivity index is 2.95. The topological polar surface area (TPSA) is 74.5 Å². The van der Waals surface area contributed by atoms with Gasteiger partial charge in [-0.15, -0.1) is 0 Å². The molecular formula is C22H26F6N2O3. The fraction of sp³-hybridized carbons (Fsp3) is 0.500. The molecule has 0 atom stereocenters. The zero-order chi connectivity index (χ0) is 25.2. The van der Waals surface area contributed by atoms with Crippen molar-refractivity contribution in [2.75, 3.05) is 13.2 Å². The SMILES string of the molecule is CCCCn1c(=O)c(C)c(/C=C(\C)NCCO)c2cc(C(O)(C(F)(F)F)C(F)(F)F)ccc21. The molecule has 0 amide bonds. The summed E-state index contributed by atoms with van der Waals surface area (Å²) in [5.41, 5.74) is -6.07. The van der Waals surface area contributed by atoms with E-state index in [0.29, 0.717) is 30.7 Å². The van der Waals surface area contributed by atoms with Crippen LogP contribution in [0.15, 0.2) is 28.7 Å². The third-order valence-corrected chi connectivity index (χ3v) is 5.40. The fourth-order valence-corrected chi connectivity index (χ4v) is 3.57. The number of allylic oxidation sites excluding steroid dienone is 1. The van der Waals surface area contributed by atoms with Gasteiger partial charge in [0.1, 0.15) is 0 Å². The summed E-state index contributed by atoms with van der Waals surface area (Å²) in [5.74, 6) is 0. The first-order valence-corrected chi connectivity index (χ1v) is 10.3. The number of aliphatic hydroxyl groups is 2. The minimum absolute atomic E-state index is 0.0437. The van der Waals surface area contributed by atoms with E-state index < -0.39 is 29.1 Å². The zero-order valence-electron chi connectivity index (χ0n) is 18.4. The molecule has 0 saturated carbocycles. The van der Waals surface area contributed by atoms with E-state index >= 15 is 0 Å². The molecule has 0 fully saturated rings. The Morgan fingerprint density at radius 1 is 1.15 bits per heavy atom. The lowest BCUT2D eigenvalue weighted by molar-refractivity contribution is -0.376. The van der Waals surface area contributed by atoms with Crippen molar-refractivity contribution in [2.24, 2.45) is 0 Å². The third-order valence-electron chi connectivity index (χ3n) is 5.40. The van der Waals surface area contributed by atoms with E-state index in [1.54, 1.807) is 6.92 Å². The Hall–Kier alpha value is -2.53. The highest BCUT2D eigenvalue weighted by molar-refractivity contribution is 5.90. The van der Waals surface area contributed by atoms with Crippen molar-refractivity contribution >= 4 is 17.0 Å². The highest BCUT2D eigenvalue weighted by Crippen LogP contribution is 2.50. The van der Waals surface area contributed by atoms with E-state index in [0.717, 1.165) is 6.07 Å². The molecule has 0 aliphatic carbocycles. The number of benzene rings is 1. The molecule has 11 heteroatoms. The summed E-state index contributed by atoms with van der Waals surface area (Å²) < 4.78 is 82.0. The van der Waals surface area contributed by atoms with Crippen LogP contribution in [0.1, 0.15) is 43.4 Å². The average molecular weight is 480 g/mol. The molecular weight excluding hydrogens is 454 g/mol. The van der Waals surface area contributed by atoms with Gasteiger partial charge in [-0.05, 0) is 44.0 Å². The lowest BCUT2D eigenvalue weighted by Gasteiger charge is -2.33. The number of hydrogen-bond acceptors (Lipinski definition) is 4. The number of halogens is 6. The van der Waals surface area contributed by atoms with Crippen LogP contribution in [0.25, 0.3) is 17.0 Å². The molecule has 184 valence electrons. The number of aryl methyl sites for hydroxylation is 1. The molecule has 1 aromatic heterocycles. The van der Waals surface area contributed by atoms with E-state index in [1.165, 1.54) is 17.6 Å². The molecule has 2 rings (SSSR count). The molecule has 0 spiro atoms. The zero-order valence-corrected chi connectivity index (χ0v) is 18.4. The van der Waals surface area contributed by atoms with Gasteiger partial charge in [-0.3, -0.25) is 4.79 Å². The Labute approximate surface area is 186 Å². The van der Waals surface area contributed by atoms with E-state index in [4.69, 9.17) is 5.11 Å². The van der Waals surface area contributed by atoms with Crippen LogP contribution >= 0.6 is 0 Å². The monoisotopic (exact) mass is 480 g/mol. The number of pyridine rings is 1. The van der Waals surface area contributed by atoms with E-state index in [2.05, 4.69) is 5.32 Å². The van der Waals surface area contributed by atoms with Gasteiger partial charge in [-0.25, -0.2) is 0 Å². The normalized spacial score (nSPS) is 13.6. The van der Waals surface area contributed by atoms with Gasteiger partial charge < -0.3 is 20.1 Å². The summed E-state index contributed by atoms with van der Waals surface area (Å²) in [6.45, 7) is 5.05. The first-order valence-electron chi connectivity index (χ1n) is 10.3. The van der Waals surface area contributed by atoms with Crippen molar-refractivity contribution in [3.8, 4) is 0 Å². The van der Waals surface area contributed by atoms with Gasteiger partial charge in [-0.1, -0.05) is 19.4 Å². The largest absolute Gasteiger partial charge is 0.430 e. The van der Waals surface area contributed by atoms with Crippen molar-refractivity contribution in [1.29, 1.82) is 0 Å². The minimum Gasteiger partial charge on any atom is -0.395 e. The van der Waals surface area contributed by atoms with Crippen LogP contribution < -0.4 is 10.9 Å². The van der Waals surface area contributed by atoms with Gasteiger partial charge in [0.25, 0.3) is 11.2 Å². The molecule has 0 bridgehead atoms. The Kier molecular flexibility index (Phi) is 7.90. The summed E-state index contributed by atoms with van der Waals surface area (Å²) in [6, 6.07) is 2.18. The highest BCUT2D eigenvalue weighted by Gasteiger charge is 2.71. The third kappa shape index (κ3) is 5.03. The Morgan fingerprint density at radius 3 is 2.27 bits per heavy atom. The second-order valence-electron chi connectivity index (χ2n) is 7.76. The van der Waals surface area contributed by atoms with Crippen molar-refractivity contribution in [3.05, 3.63) is 50.9 Å². The summed E-state index contributed by atoms with van der Waals surface area (Å²) >= 11 is 0. The maximum Gasteiger partial charge on any atom is 0.430 e. The van der Waals surface area contributed by atoms with Gasteiger partial charge >= 0.3 is 12.4 Å². The first kappa shape index (κ1) is 26.7. The van der Waals surface area contributed by atoms with Crippen LogP contribution in [0.5, 0.6) is 0 Å². The fourth-order valence-electron chi connectivity index (χ4n) is 3.57. The van der Waals surface area contributed by atoms with E-state index in [9.17, 15) is 36.2 Å². The van der Waals surface area contributed by atoms with Crippen LogP contribution in [0, 0.1) is 6.92 Å². The maximum atomic E-state index is 13.5. The van der Waals surface area contributed by atoms with Crippen LogP contribution in [-0.2, 0) is 12.1 Å². The van der Waals surface area contributed by atoms with Gasteiger partial charge in [0, 0.05) is 35.3 Å². The standard InChI is InChI=1S/C22H26F6N2O3/c1-4-5-9-30-18-7-6-15(20(33,21(23,24)25)22(26,27)28)12-17(18)16(14(3)19(30)32)11-13(2)29-8-10-31/h6-7,11-12,29,31,33H,4-5,8-10H2,1-3H3/b13-11+. The van der Waals surface area contributed by atoms with Crippen LogP contribution in [0.3, 0.4) is 0 Å². The number of alkyl halides is 6. The molecule has 33 heavy (non-hydrogen) atoms. The van der Waals surface area contributed by atoms with E-state index in [-0.39, 0.29) is 41.7 Å². The molecule has 0 radical (unpaired) electrons. The molecule has 0 saturated heterocycles. The Bertz CT molecular complexity index is 1070. The number of rotatable bonds is 8. The molecule has 2 aromatic rings. The number of fused-ring (bicyclic) bond motifs is 1. The Morgan fingerprint density at radius 2 is 1.76 bits per heavy atom. The van der Waals surface area contributed by atoms with Gasteiger partial charge in [0.15, 0.2) is 0 Å². The van der Waals surface area contributed by atoms with Crippen molar-refractivity contribution in [2.45, 2.75) is 58.1 Å². The molecule has 0 aliphatic heterocycles. The smallest absolute Gasteiger partial charge is 0.395 e. The number of nitrogens with zero attached hydrogens (tertiary/aromatic N) is 1. The average Bonchev–Trinajstić information content (AvgIpc) is 2.72. The molecule has 0 unspecified atom stereocenters. The molecule has 3 N–H and O–H groups in total. The van der Waals surface area contributed by atoms with Crippen molar-refractivity contribution in [3.63, 3.8) is 0 Å². The van der Waals surface area contributed by atoms with Gasteiger partial charge in [0.2, 0.25) is 0 Å². The second kappa shape index (κ2) is 9.76. The lowest BCUT2D eigenvalue weighted by atomic mass is 9.89. The number of unbranched alkanes of at least 4 members (excludes halogenated alkanes) is 1. The second-order valence-corrected chi connectivity index (χ2v) is 7.76. The van der Waals surface area contributed by atoms with Crippen molar-refractivity contribution < 1.29 is 36.6 Å². The quantitative estimate of drug-likeness (QED) is 0.491.